The predicted molar refractivity (Wildman–Crippen MR) is 136 cm³/mol. The number of rotatable bonds is 10. The molecule has 0 saturated carbocycles. The summed E-state index contributed by atoms with van der Waals surface area (Å²) < 4.78 is 17.1. The van der Waals surface area contributed by atoms with Gasteiger partial charge in [-0.25, -0.2) is 0 Å². The Morgan fingerprint density at radius 1 is 0.917 bits per heavy atom. The van der Waals surface area contributed by atoms with E-state index in [1.807, 2.05) is 43.3 Å². The molecule has 36 heavy (non-hydrogen) atoms. The minimum absolute atomic E-state index is 0.0303. The molecule has 7 heteroatoms. The molecule has 1 aliphatic heterocycles. The van der Waals surface area contributed by atoms with Crippen LogP contribution in [0.4, 0.5) is 0 Å². The van der Waals surface area contributed by atoms with Crippen molar-refractivity contribution in [1.29, 1.82) is 0 Å². The number of ether oxygens (including phenoxy) is 3. The van der Waals surface area contributed by atoms with Gasteiger partial charge in [0.25, 0.3) is 11.7 Å². The third-order valence-electron chi connectivity index (χ3n) is 5.94. The summed E-state index contributed by atoms with van der Waals surface area (Å²) in [5.41, 5.74) is 2.13. The van der Waals surface area contributed by atoms with Gasteiger partial charge in [-0.1, -0.05) is 66.7 Å². The topological polar surface area (TPSA) is 85.3 Å². The Hall–Kier alpha value is -4.10. The number of aliphatic hydroxyl groups is 1. The number of likely N-dealkylation sites (tertiary alicyclic amines) is 1. The third-order valence-corrected chi connectivity index (χ3v) is 5.94. The highest BCUT2D eigenvalue weighted by molar-refractivity contribution is 6.46. The summed E-state index contributed by atoms with van der Waals surface area (Å²) in [6, 6.07) is 23.0. The zero-order valence-electron chi connectivity index (χ0n) is 20.3. The number of hydrogen-bond acceptors (Lipinski definition) is 6. The molecule has 4 rings (SSSR count). The van der Waals surface area contributed by atoms with E-state index in [0.717, 1.165) is 5.56 Å². The van der Waals surface area contributed by atoms with Crippen molar-refractivity contribution in [3.05, 3.63) is 101 Å². The summed E-state index contributed by atoms with van der Waals surface area (Å²) in [5, 5.41) is 11.1. The van der Waals surface area contributed by atoms with E-state index in [-0.39, 0.29) is 24.5 Å². The summed E-state index contributed by atoms with van der Waals surface area (Å²) in [6.45, 7) is 3.06. The highest BCUT2D eigenvalue weighted by Crippen LogP contribution is 2.42. The van der Waals surface area contributed by atoms with Crippen LogP contribution in [0.25, 0.3) is 5.76 Å². The molecule has 7 nitrogen and oxygen atoms in total. The van der Waals surface area contributed by atoms with Crippen LogP contribution in [-0.2, 0) is 20.9 Å². The molecule has 1 unspecified atom stereocenters. The lowest BCUT2D eigenvalue weighted by atomic mass is 9.95. The van der Waals surface area contributed by atoms with Gasteiger partial charge in [0.05, 0.1) is 24.8 Å². The maximum Gasteiger partial charge on any atom is 0.295 e. The number of Topliss-reactive ketones (excluding diaryl/α,β-unsaturated/α-hetero) is 1. The monoisotopic (exact) mass is 487 g/mol. The van der Waals surface area contributed by atoms with Gasteiger partial charge in [0.1, 0.15) is 12.4 Å². The molecule has 0 aromatic heterocycles. The van der Waals surface area contributed by atoms with Crippen molar-refractivity contribution in [3.8, 4) is 11.5 Å². The number of methoxy groups -OCH3 is 1. The average Bonchev–Trinajstić information content (AvgIpc) is 3.17. The third kappa shape index (κ3) is 5.26. The van der Waals surface area contributed by atoms with E-state index in [9.17, 15) is 14.7 Å². The zero-order chi connectivity index (χ0) is 25.5. The molecule has 1 amide bonds. The minimum atomic E-state index is -0.803. The molecule has 1 saturated heterocycles. The lowest BCUT2D eigenvalue weighted by molar-refractivity contribution is -0.140. The molecule has 0 bridgehead atoms. The second kappa shape index (κ2) is 11.6. The number of ketones is 1. The van der Waals surface area contributed by atoms with Gasteiger partial charge in [-0.2, -0.15) is 0 Å². The van der Waals surface area contributed by atoms with Gasteiger partial charge in [-0.3, -0.25) is 9.59 Å². The molecule has 1 atom stereocenters. The lowest BCUT2D eigenvalue weighted by Crippen LogP contribution is -2.32. The van der Waals surface area contributed by atoms with Crippen LogP contribution in [0.1, 0.15) is 29.7 Å². The molecule has 3 aromatic rings. The van der Waals surface area contributed by atoms with Gasteiger partial charge in [0, 0.05) is 19.2 Å². The second-order valence-electron chi connectivity index (χ2n) is 8.26. The molecule has 1 heterocycles. The lowest BCUT2D eigenvalue weighted by Gasteiger charge is -2.26. The zero-order valence-corrected chi connectivity index (χ0v) is 20.3. The van der Waals surface area contributed by atoms with E-state index in [1.165, 1.54) is 12.0 Å². The smallest absolute Gasteiger partial charge is 0.295 e. The second-order valence-corrected chi connectivity index (χ2v) is 8.26. The van der Waals surface area contributed by atoms with Crippen LogP contribution < -0.4 is 9.47 Å². The van der Waals surface area contributed by atoms with Gasteiger partial charge in [0.2, 0.25) is 0 Å². The van der Waals surface area contributed by atoms with Crippen LogP contribution in [0.5, 0.6) is 11.5 Å². The molecule has 1 N–H and O–H groups in total. The van der Waals surface area contributed by atoms with Crippen LogP contribution >= 0.6 is 0 Å². The summed E-state index contributed by atoms with van der Waals surface area (Å²) in [7, 11) is 1.53. The van der Waals surface area contributed by atoms with Crippen molar-refractivity contribution < 1.29 is 28.9 Å². The van der Waals surface area contributed by atoms with Crippen molar-refractivity contribution in [3.63, 3.8) is 0 Å². The van der Waals surface area contributed by atoms with Crippen LogP contribution in [0.2, 0.25) is 0 Å². The first-order valence-corrected chi connectivity index (χ1v) is 11.8. The molecular formula is C29H29NO6. The molecule has 3 aromatic carbocycles. The van der Waals surface area contributed by atoms with Crippen molar-refractivity contribution >= 4 is 17.4 Å². The van der Waals surface area contributed by atoms with Crippen molar-refractivity contribution in [2.24, 2.45) is 0 Å². The summed E-state index contributed by atoms with van der Waals surface area (Å²) in [4.78, 5) is 27.5. The highest BCUT2D eigenvalue weighted by atomic mass is 16.5. The van der Waals surface area contributed by atoms with Crippen molar-refractivity contribution in [2.75, 3.05) is 26.9 Å². The molecule has 1 aliphatic rings. The Balaban J connectivity index is 1.75. The molecule has 0 spiro atoms. The Morgan fingerprint density at radius 3 is 2.28 bits per heavy atom. The van der Waals surface area contributed by atoms with E-state index < -0.39 is 17.7 Å². The van der Waals surface area contributed by atoms with Crippen molar-refractivity contribution in [2.45, 2.75) is 19.6 Å². The number of amides is 1. The van der Waals surface area contributed by atoms with Crippen molar-refractivity contribution in [1.82, 2.24) is 4.90 Å². The largest absolute Gasteiger partial charge is 0.507 e. The first-order valence-electron chi connectivity index (χ1n) is 11.8. The number of carbonyl (C=O) groups is 2. The minimum Gasteiger partial charge on any atom is -0.507 e. The Kier molecular flexibility index (Phi) is 8.02. The maximum absolute atomic E-state index is 13.1. The van der Waals surface area contributed by atoms with Gasteiger partial charge >= 0.3 is 0 Å². The fourth-order valence-electron chi connectivity index (χ4n) is 4.22. The first-order chi connectivity index (χ1) is 17.5. The number of benzene rings is 3. The average molecular weight is 488 g/mol. The van der Waals surface area contributed by atoms with Gasteiger partial charge in [0.15, 0.2) is 11.5 Å². The molecule has 0 radical (unpaired) electrons. The van der Waals surface area contributed by atoms with Crippen LogP contribution in [0.3, 0.4) is 0 Å². The predicted octanol–water partition coefficient (Wildman–Crippen LogP) is 4.73. The van der Waals surface area contributed by atoms with Gasteiger partial charge in [-0.15, -0.1) is 0 Å². The van der Waals surface area contributed by atoms with E-state index in [0.29, 0.717) is 35.8 Å². The van der Waals surface area contributed by atoms with E-state index in [1.54, 1.807) is 42.5 Å². The quantitative estimate of drug-likeness (QED) is 0.253. The Labute approximate surface area is 210 Å². The molecule has 0 aliphatic carbocycles. The van der Waals surface area contributed by atoms with Crippen LogP contribution in [0, 0.1) is 0 Å². The maximum atomic E-state index is 13.1. The van der Waals surface area contributed by atoms with Crippen LogP contribution in [-0.4, -0.2) is 48.6 Å². The van der Waals surface area contributed by atoms with E-state index >= 15 is 0 Å². The van der Waals surface area contributed by atoms with Gasteiger partial charge in [-0.05, 0) is 30.2 Å². The summed E-state index contributed by atoms with van der Waals surface area (Å²) in [6.07, 6.45) is 0. The highest BCUT2D eigenvalue weighted by Gasteiger charge is 2.46. The summed E-state index contributed by atoms with van der Waals surface area (Å²) in [5.74, 6) is -0.609. The normalized spacial score (nSPS) is 16.8. The standard InChI is InChI=1S/C29H29NO6/c1-3-35-24-18-22(14-15-23(24)36-19-20-10-6-4-7-11-20)26-25(27(31)21-12-8-5-9-13-21)28(32)29(33)30(26)16-17-34-2/h4-15,18,26,31H,3,16-17,19H2,1-2H3/b27-25+. The fraction of sp³-hybridized carbons (Fsp3) is 0.241. The number of nitrogens with zero attached hydrogens (tertiary/aromatic N) is 1. The molecular weight excluding hydrogens is 458 g/mol. The van der Waals surface area contributed by atoms with Crippen LogP contribution in [0.15, 0.2) is 84.4 Å². The Bertz CT molecular complexity index is 1240. The SMILES string of the molecule is CCOc1cc(C2/C(=C(\O)c3ccccc3)C(=O)C(=O)N2CCOC)ccc1OCc1ccccc1. The summed E-state index contributed by atoms with van der Waals surface area (Å²) >= 11 is 0. The molecule has 186 valence electrons. The Morgan fingerprint density at radius 2 is 1.61 bits per heavy atom. The molecule has 1 fully saturated rings. The fourth-order valence-corrected chi connectivity index (χ4v) is 4.22. The number of carbonyl (C=O) groups excluding carboxylic acids is 2. The first kappa shape index (κ1) is 25.0. The van der Waals surface area contributed by atoms with E-state index in [2.05, 4.69) is 0 Å². The number of aliphatic hydroxyl groups excluding tert-OH is 1. The van der Waals surface area contributed by atoms with E-state index in [4.69, 9.17) is 14.2 Å². The van der Waals surface area contributed by atoms with Gasteiger partial charge < -0.3 is 24.2 Å². The number of hydrogen-bond donors (Lipinski definition) is 1.